The summed E-state index contributed by atoms with van der Waals surface area (Å²) in [5, 5.41) is 11.4. The minimum absolute atomic E-state index is 0.0160. The number of benzene rings is 2. The molecule has 0 saturated carbocycles. The number of urea groups is 2. The Hall–Kier alpha value is -3.22. The number of amides is 5. The number of hydrogen-bond acceptors (Lipinski definition) is 4. The lowest BCUT2D eigenvalue weighted by atomic mass is 10.0. The Morgan fingerprint density at radius 1 is 1.08 bits per heavy atom. The molecular formula is C22H16Cl3F3N4O5. The van der Waals surface area contributed by atoms with Gasteiger partial charge in [-0.15, -0.1) is 0 Å². The highest BCUT2D eigenvalue weighted by atomic mass is 35.5. The van der Waals surface area contributed by atoms with Crippen LogP contribution < -0.4 is 15.1 Å². The number of carbonyl (C=O) groups is 4. The molecule has 5 amide bonds. The molecule has 9 nitrogen and oxygen atoms in total. The molecule has 2 saturated heterocycles. The van der Waals surface area contributed by atoms with Crippen molar-refractivity contribution in [2.24, 2.45) is 5.92 Å². The number of carbonyl (C=O) groups excluding carboxylic acids is 3. The largest absolute Gasteiger partial charge is 0.481 e. The van der Waals surface area contributed by atoms with Crippen molar-refractivity contribution >= 4 is 70.1 Å². The molecule has 37 heavy (non-hydrogen) atoms. The molecule has 1 atom stereocenters. The van der Waals surface area contributed by atoms with E-state index in [1.165, 1.54) is 23.1 Å². The predicted molar refractivity (Wildman–Crippen MR) is 128 cm³/mol. The van der Waals surface area contributed by atoms with Gasteiger partial charge in [-0.3, -0.25) is 24.3 Å². The Bertz CT molecular complexity index is 1300. The lowest BCUT2D eigenvalue weighted by Crippen LogP contribution is -2.58. The summed E-state index contributed by atoms with van der Waals surface area (Å²) in [5.74, 6) is -4.40. The van der Waals surface area contributed by atoms with E-state index in [0.29, 0.717) is 11.4 Å². The molecule has 2 fully saturated rings. The molecule has 1 unspecified atom stereocenters. The topological polar surface area (TPSA) is 110 Å². The van der Waals surface area contributed by atoms with Gasteiger partial charge in [-0.2, -0.15) is 13.2 Å². The number of nitrogens with zero attached hydrogens (tertiary/aromatic N) is 3. The summed E-state index contributed by atoms with van der Waals surface area (Å²) in [6.45, 7) is -0.668. The van der Waals surface area contributed by atoms with E-state index in [0.717, 1.165) is 17.0 Å². The van der Waals surface area contributed by atoms with Crippen LogP contribution in [0.4, 0.5) is 34.1 Å². The van der Waals surface area contributed by atoms with Gasteiger partial charge < -0.3 is 10.4 Å². The summed E-state index contributed by atoms with van der Waals surface area (Å²) in [7, 11) is 0. The fourth-order valence-electron chi connectivity index (χ4n) is 4.05. The van der Waals surface area contributed by atoms with Crippen LogP contribution in [0.2, 0.25) is 15.1 Å². The third-order valence-electron chi connectivity index (χ3n) is 5.84. The number of imide groups is 1. The molecule has 0 bridgehead atoms. The average Bonchev–Trinajstić information content (AvgIpc) is 3.21. The highest BCUT2D eigenvalue weighted by Crippen LogP contribution is 2.40. The van der Waals surface area contributed by atoms with E-state index in [1.807, 2.05) is 0 Å². The van der Waals surface area contributed by atoms with Crippen molar-refractivity contribution in [1.29, 1.82) is 0 Å². The zero-order chi connectivity index (χ0) is 27.2. The number of rotatable bonds is 5. The molecule has 2 aliphatic heterocycles. The molecule has 0 spiro atoms. The van der Waals surface area contributed by atoms with E-state index in [2.05, 4.69) is 5.32 Å². The van der Waals surface area contributed by atoms with Crippen molar-refractivity contribution in [3.05, 3.63) is 56.5 Å². The third-order valence-corrected chi connectivity index (χ3v) is 6.86. The second-order valence-electron chi connectivity index (χ2n) is 8.13. The first kappa shape index (κ1) is 26.8. The maximum absolute atomic E-state index is 13.3. The lowest BCUT2D eigenvalue weighted by molar-refractivity contribution is -0.150. The molecule has 196 valence electrons. The van der Waals surface area contributed by atoms with Crippen LogP contribution in [0.5, 0.6) is 0 Å². The fraction of sp³-hybridized carbons (Fsp3) is 0.273. The molecule has 15 heteroatoms. The third kappa shape index (κ3) is 5.00. The summed E-state index contributed by atoms with van der Waals surface area (Å²) >= 11 is 18.6. The summed E-state index contributed by atoms with van der Waals surface area (Å²) in [6.07, 6.45) is -4.79. The first-order chi connectivity index (χ1) is 17.3. The smallest absolute Gasteiger partial charge is 0.417 e. The van der Waals surface area contributed by atoms with Crippen LogP contribution in [-0.2, 0) is 22.3 Å². The number of halogens is 6. The second-order valence-corrected chi connectivity index (χ2v) is 9.32. The van der Waals surface area contributed by atoms with Gasteiger partial charge in [-0.25, -0.2) is 9.59 Å². The minimum atomic E-state index is -4.79. The van der Waals surface area contributed by atoms with Gasteiger partial charge in [0.2, 0.25) is 5.91 Å². The van der Waals surface area contributed by atoms with Crippen LogP contribution in [0.3, 0.4) is 0 Å². The van der Waals surface area contributed by atoms with E-state index in [1.54, 1.807) is 0 Å². The Balaban J connectivity index is 1.72. The van der Waals surface area contributed by atoms with E-state index in [9.17, 15) is 37.5 Å². The number of aliphatic carboxylic acids is 1. The number of nitrogens with one attached hydrogen (secondary N) is 1. The van der Waals surface area contributed by atoms with Gasteiger partial charge >= 0.3 is 24.2 Å². The van der Waals surface area contributed by atoms with Crippen LogP contribution in [0.15, 0.2) is 30.3 Å². The standard InChI is InChI=1S/C22H16Cl3F3N4O5/c23-14-6-11(7-15(24)17(14)30-5-4-29-20(30)36)31-9-12(19(34)35)18(33)32(21(31)37)8-10-2-1-3-13(16(10)25)22(26,27)28/h1-3,6-7,12H,4-5,8-9H2,(H,29,36)(H,34,35). The molecule has 2 aromatic rings. The number of hydrogen-bond donors (Lipinski definition) is 2. The quantitative estimate of drug-likeness (QED) is 0.492. The Labute approximate surface area is 222 Å². The molecular weight excluding hydrogens is 564 g/mol. The van der Waals surface area contributed by atoms with Crippen LogP contribution in [-0.4, -0.2) is 53.6 Å². The van der Waals surface area contributed by atoms with Crippen LogP contribution in [0.25, 0.3) is 0 Å². The molecule has 0 aromatic heterocycles. The SMILES string of the molecule is O=C(O)C1CN(c2cc(Cl)c(N3CCNC3=O)c(Cl)c2)C(=O)N(Cc2cccc(C(F)(F)F)c2Cl)C1=O. The van der Waals surface area contributed by atoms with E-state index in [-0.39, 0.29) is 33.5 Å². The van der Waals surface area contributed by atoms with Crippen LogP contribution in [0, 0.1) is 5.92 Å². The Kier molecular flexibility index (Phi) is 7.19. The van der Waals surface area contributed by atoms with Crippen molar-refractivity contribution in [1.82, 2.24) is 10.2 Å². The predicted octanol–water partition coefficient (Wildman–Crippen LogP) is 4.86. The van der Waals surface area contributed by atoms with Crippen molar-refractivity contribution in [3.8, 4) is 0 Å². The van der Waals surface area contributed by atoms with Crippen LogP contribution in [0.1, 0.15) is 11.1 Å². The van der Waals surface area contributed by atoms with Crippen molar-refractivity contribution < 1.29 is 37.5 Å². The average molecular weight is 580 g/mol. The maximum atomic E-state index is 13.3. The minimum Gasteiger partial charge on any atom is -0.481 e. The van der Waals surface area contributed by atoms with Gasteiger partial charge in [0.1, 0.15) is 0 Å². The Morgan fingerprint density at radius 2 is 1.73 bits per heavy atom. The van der Waals surface area contributed by atoms with E-state index < -0.39 is 59.7 Å². The van der Waals surface area contributed by atoms with E-state index >= 15 is 0 Å². The van der Waals surface area contributed by atoms with E-state index in [4.69, 9.17) is 34.8 Å². The molecule has 2 aromatic carbocycles. The molecule has 2 aliphatic rings. The molecule has 0 radical (unpaired) electrons. The van der Waals surface area contributed by atoms with Crippen molar-refractivity contribution in [2.45, 2.75) is 12.7 Å². The van der Waals surface area contributed by atoms with Gasteiger partial charge in [-0.05, 0) is 23.8 Å². The normalized spacial score (nSPS) is 18.5. The lowest BCUT2D eigenvalue weighted by Gasteiger charge is -2.37. The highest BCUT2D eigenvalue weighted by molar-refractivity contribution is 6.40. The monoisotopic (exact) mass is 578 g/mol. The summed E-state index contributed by atoms with van der Waals surface area (Å²) < 4.78 is 39.9. The summed E-state index contributed by atoms with van der Waals surface area (Å²) in [5.41, 5.74) is -1.20. The van der Waals surface area contributed by atoms with Crippen molar-refractivity contribution in [2.75, 3.05) is 29.4 Å². The molecule has 4 rings (SSSR count). The zero-order valence-corrected chi connectivity index (χ0v) is 20.7. The van der Waals surface area contributed by atoms with Gasteiger partial charge in [0.15, 0.2) is 5.92 Å². The molecule has 2 heterocycles. The fourth-order valence-corrected chi connectivity index (χ4v) is 5.03. The second kappa shape index (κ2) is 9.92. The van der Waals surface area contributed by atoms with Gasteiger partial charge in [0, 0.05) is 25.3 Å². The molecule has 0 aliphatic carbocycles. The zero-order valence-electron chi connectivity index (χ0n) is 18.5. The maximum Gasteiger partial charge on any atom is 0.417 e. The first-order valence-corrected chi connectivity index (χ1v) is 11.7. The van der Waals surface area contributed by atoms with Crippen molar-refractivity contribution in [3.63, 3.8) is 0 Å². The van der Waals surface area contributed by atoms with Crippen LogP contribution >= 0.6 is 34.8 Å². The number of alkyl halides is 3. The number of carboxylic acids is 1. The van der Waals surface area contributed by atoms with Gasteiger partial charge in [0.05, 0.1) is 32.9 Å². The van der Waals surface area contributed by atoms with Gasteiger partial charge in [-0.1, -0.05) is 46.9 Å². The Morgan fingerprint density at radius 3 is 2.27 bits per heavy atom. The number of carboxylic acid groups (broad SMARTS) is 1. The highest BCUT2D eigenvalue weighted by Gasteiger charge is 2.44. The summed E-state index contributed by atoms with van der Waals surface area (Å²) in [4.78, 5) is 52.8. The summed E-state index contributed by atoms with van der Waals surface area (Å²) in [6, 6.07) is 4.08. The molecule has 2 N–H and O–H groups in total. The first-order valence-electron chi connectivity index (χ1n) is 10.6. The van der Waals surface area contributed by atoms with Gasteiger partial charge in [0.25, 0.3) is 0 Å². The number of anilines is 2.